The van der Waals surface area contributed by atoms with E-state index in [2.05, 4.69) is 17.5 Å². The van der Waals surface area contributed by atoms with Crippen molar-refractivity contribution in [2.75, 3.05) is 6.61 Å². The van der Waals surface area contributed by atoms with Gasteiger partial charge in [0, 0.05) is 6.42 Å². The Hall–Kier alpha value is -3.15. The molecule has 0 saturated carbocycles. The first kappa shape index (κ1) is 24.1. The first-order valence-electron chi connectivity index (χ1n) is 11.0. The summed E-state index contributed by atoms with van der Waals surface area (Å²) in [5.41, 5.74) is 3.79. The molecule has 2 aromatic rings. The number of carbonyl (C=O) groups excluding carboxylic acids is 2. The van der Waals surface area contributed by atoms with Crippen LogP contribution in [0.15, 0.2) is 53.6 Å². The van der Waals surface area contributed by atoms with Crippen LogP contribution in [-0.2, 0) is 4.79 Å². The molecule has 1 amide bonds. The quantitative estimate of drug-likeness (QED) is 0.151. The van der Waals surface area contributed by atoms with Crippen molar-refractivity contribution in [3.8, 4) is 11.5 Å². The molecule has 0 atom stereocenters. The lowest BCUT2D eigenvalue weighted by Gasteiger charge is -2.06. The fourth-order valence-electron chi connectivity index (χ4n) is 2.94. The zero-order valence-corrected chi connectivity index (χ0v) is 18.4. The number of benzene rings is 2. The van der Waals surface area contributed by atoms with Crippen molar-refractivity contribution in [2.24, 2.45) is 5.10 Å². The average molecular weight is 425 g/mol. The van der Waals surface area contributed by atoms with Crippen LogP contribution in [-0.4, -0.2) is 24.7 Å². The molecule has 0 fully saturated rings. The maximum Gasteiger partial charge on any atom is 0.343 e. The maximum atomic E-state index is 12.2. The van der Waals surface area contributed by atoms with Gasteiger partial charge in [-0.05, 0) is 67.4 Å². The molecular formula is C25H32N2O4. The molecule has 166 valence electrons. The van der Waals surface area contributed by atoms with Crippen molar-refractivity contribution in [2.45, 2.75) is 58.8 Å². The molecule has 0 aliphatic carbocycles. The van der Waals surface area contributed by atoms with Crippen molar-refractivity contribution in [3.05, 3.63) is 59.7 Å². The number of hydrazone groups is 1. The van der Waals surface area contributed by atoms with Gasteiger partial charge in [0.1, 0.15) is 11.5 Å². The normalized spacial score (nSPS) is 10.8. The van der Waals surface area contributed by atoms with Gasteiger partial charge < -0.3 is 9.47 Å². The van der Waals surface area contributed by atoms with Crippen LogP contribution >= 0.6 is 0 Å². The first-order chi connectivity index (χ1) is 15.1. The zero-order chi connectivity index (χ0) is 22.3. The third-order valence-corrected chi connectivity index (χ3v) is 4.65. The van der Waals surface area contributed by atoms with Gasteiger partial charge in [-0.1, -0.05) is 39.0 Å². The van der Waals surface area contributed by atoms with Crippen molar-refractivity contribution < 1.29 is 19.1 Å². The number of unbranched alkanes of at least 4 members (excludes halogenated alkanes) is 5. The van der Waals surface area contributed by atoms with Crippen LogP contribution in [0.2, 0.25) is 0 Å². The summed E-state index contributed by atoms with van der Waals surface area (Å²) in [4.78, 5) is 24.0. The van der Waals surface area contributed by atoms with Gasteiger partial charge in [-0.15, -0.1) is 0 Å². The summed E-state index contributed by atoms with van der Waals surface area (Å²) in [6.07, 6.45) is 8.92. The molecule has 0 heterocycles. The van der Waals surface area contributed by atoms with E-state index >= 15 is 0 Å². The van der Waals surface area contributed by atoms with Gasteiger partial charge in [-0.25, -0.2) is 10.2 Å². The summed E-state index contributed by atoms with van der Waals surface area (Å²) in [7, 11) is 0. The molecule has 0 saturated heterocycles. The molecule has 0 unspecified atom stereocenters. The Morgan fingerprint density at radius 2 is 1.52 bits per heavy atom. The highest BCUT2D eigenvalue weighted by atomic mass is 16.5. The standard InChI is InChI=1S/C25H32N2O4/c1-3-5-6-7-8-9-10-24(28)27-26-19-20-11-15-23(16-12-20)31-25(29)21-13-17-22(18-14-21)30-4-2/h11-19H,3-10H2,1-2H3,(H,27,28)/b26-19+. The second-order valence-electron chi connectivity index (χ2n) is 7.23. The topological polar surface area (TPSA) is 77.0 Å². The summed E-state index contributed by atoms with van der Waals surface area (Å²) in [6.45, 7) is 4.66. The van der Waals surface area contributed by atoms with Crippen LogP contribution in [0.1, 0.15) is 74.7 Å². The maximum absolute atomic E-state index is 12.2. The Labute approximate surface area is 184 Å². The van der Waals surface area contributed by atoms with Crippen LogP contribution in [0.3, 0.4) is 0 Å². The molecule has 0 spiro atoms. The minimum atomic E-state index is -0.438. The SMILES string of the molecule is CCCCCCCCC(=O)N/N=C/c1ccc(OC(=O)c2ccc(OCC)cc2)cc1. The summed E-state index contributed by atoms with van der Waals surface area (Å²) in [6, 6.07) is 13.7. The smallest absolute Gasteiger partial charge is 0.343 e. The van der Waals surface area contributed by atoms with E-state index in [0.717, 1.165) is 18.4 Å². The van der Waals surface area contributed by atoms with Crippen molar-refractivity contribution in [3.63, 3.8) is 0 Å². The summed E-state index contributed by atoms with van der Waals surface area (Å²) in [5.74, 6) is 0.629. The number of ether oxygens (including phenoxy) is 2. The van der Waals surface area contributed by atoms with Gasteiger partial charge in [0.15, 0.2) is 0 Å². The molecule has 2 aromatic carbocycles. The molecule has 6 heteroatoms. The highest BCUT2D eigenvalue weighted by molar-refractivity contribution is 5.91. The number of nitrogens with zero attached hydrogens (tertiary/aromatic N) is 1. The van der Waals surface area contributed by atoms with Gasteiger partial charge in [0.05, 0.1) is 18.4 Å². The Kier molecular flexibility index (Phi) is 10.9. The molecule has 0 aromatic heterocycles. The highest BCUT2D eigenvalue weighted by Crippen LogP contribution is 2.16. The van der Waals surface area contributed by atoms with Crippen LogP contribution in [0, 0.1) is 0 Å². The Bertz CT molecular complexity index is 830. The minimum Gasteiger partial charge on any atom is -0.494 e. The molecule has 0 aliphatic rings. The van der Waals surface area contributed by atoms with Crippen molar-refractivity contribution in [1.82, 2.24) is 5.43 Å². The third kappa shape index (κ3) is 9.47. The number of carbonyl (C=O) groups is 2. The lowest BCUT2D eigenvalue weighted by atomic mass is 10.1. The van der Waals surface area contributed by atoms with Gasteiger partial charge in [0.25, 0.3) is 0 Å². The van der Waals surface area contributed by atoms with Gasteiger partial charge in [-0.3, -0.25) is 4.79 Å². The van der Waals surface area contributed by atoms with Crippen LogP contribution in [0.25, 0.3) is 0 Å². The number of hydrogen-bond donors (Lipinski definition) is 1. The van der Waals surface area contributed by atoms with Gasteiger partial charge in [-0.2, -0.15) is 5.10 Å². The predicted molar refractivity (Wildman–Crippen MR) is 123 cm³/mol. The predicted octanol–water partition coefficient (Wildman–Crippen LogP) is 5.51. The summed E-state index contributed by atoms with van der Waals surface area (Å²) in [5, 5.41) is 3.99. The average Bonchev–Trinajstić information content (AvgIpc) is 2.78. The first-order valence-corrected chi connectivity index (χ1v) is 11.0. The molecule has 0 aliphatic heterocycles. The lowest BCUT2D eigenvalue weighted by molar-refractivity contribution is -0.121. The minimum absolute atomic E-state index is 0.0763. The van der Waals surface area contributed by atoms with E-state index < -0.39 is 5.97 Å². The van der Waals surface area contributed by atoms with E-state index in [0.29, 0.717) is 30.1 Å². The third-order valence-electron chi connectivity index (χ3n) is 4.65. The van der Waals surface area contributed by atoms with E-state index in [1.807, 2.05) is 6.92 Å². The monoisotopic (exact) mass is 424 g/mol. The molecule has 0 radical (unpaired) electrons. The lowest BCUT2D eigenvalue weighted by Crippen LogP contribution is -2.16. The Morgan fingerprint density at radius 1 is 0.871 bits per heavy atom. The number of nitrogens with one attached hydrogen (secondary N) is 1. The second-order valence-corrected chi connectivity index (χ2v) is 7.23. The van der Waals surface area contributed by atoms with Gasteiger partial charge >= 0.3 is 5.97 Å². The van der Waals surface area contributed by atoms with E-state index in [1.54, 1.807) is 54.7 Å². The van der Waals surface area contributed by atoms with Crippen LogP contribution in [0.5, 0.6) is 11.5 Å². The number of esters is 1. The van der Waals surface area contributed by atoms with Crippen molar-refractivity contribution in [1.29, 1.82) is 0 Å². The molecule has 31 heavy (non-hydrogen) atoms. The van der Waals surface area contributed by atoms with E-state index in [-0.39, 0.29) is 5.91 Å². The molecule has 1 N–H and O–H groups in total. The molecular weight excluding hydrogens is 392 g/mol. The second kappa shape index (κ2) is 14.0. The summed E-state index contributed by atoms with van der Waals surface area (Å²) < 4.78 is 10.7. The molecule has 6 nitrogen and oxygen atoms in total. The number of hydrogen-bond acceptors (Lipinski definition) is 5. The molecule has 0 bridgehead atoms. The fourth-order valence-corrected chi connectivity index (χ4v) is 2.94. The van der Waals surface area contributed by atoms with Crippen LogP contribution in [0.4, 0.5) is 0 Å². The highest BCUT2D eigenvalue weighted by Gasteiger charge is 2.08. The van der Waals surface area contributed by atoms with E-state index in [9.17, 15) is 9.59 Å². The fraction of sp³-hybridized carbons (Fsp3) is 0.400. The largest absolute Gasteiger partial charge is 0.494 e. The van der Waals surface area contributed by atoms with E-state index in [4.69, 9.17) is 9.47 Å². The summed E-state index contributed by atoms with van der Waals surface area (Å²) >= 11 is 0. The molecule has 2 rings (SSSR count). The number of rotatable bonds is 13. The van der Waals surface area contributed by atoms with E-state index in [1.165, 1.54) is 25.7 Å². The number of amides is 1. The Morgan fingerprint density at radius 3 is 2.19 bits per heavy atom. The zero-order valence-electron chi connectivity index (χ0n) is 18.4. The van der Waals surface area contributed by atoms with Crippen LogP contribution < -0.4 is 14.9 Å². The van der Waals surface area contributed by atoms with Crippen molar-refractivity contribution >= 4 is 18.1 Å². The Balaban J connectivity index is 1.73. The van der Waals surface area contributed by atoms with Gasteiger partial charge in [0.2, 0.25) is 5.91 Å².